The molecule has 0 aliphatic carbocycles. The summed E-state index contributed by atoms with van der Waals surface area (Å²) in [6.45, 7) is 3.95. The van der Waals surface area contributed by atoms with Gasteiger partial charge in [-0.1, -0.05) is 41.9 Å². The Morgan fingerprint density at radius 2 is 1.85 bits per heavy atom. The van der Waals surface area contributed by atoms with Crippen molar-refractivity contribution in [3.63, 3.8) is 0 Å². The molecule has 4 aromatic rings. The van der Waals surface area contributed by atoms with Gasteiger partial charge >= 0.3 is 0 Å². The van der Waals surface area contributed by atoms with Crippen molar-refractivity contribution in [3.05, 3.63) is 86.8 Å². The van der Waals surface area contributed by atoms with Crippen LogP contribution >= 0.6 is 22.9 Å². The van der Waals surface area contributed by atoms with E-state index in [1.54, 1.807) is 30.3 Å². The normalized spacial score (nSPS) is 11.1. The Bertz CT molecular complexity index is 1290. The number of rotatable bonds is 3. The molecule has 0 N–H and O–H groups in total. The first kappa shape index (κ1) is 16.7. The molecule has 0 spiro atoms. The Labute approximate surface area is 157 Å². The predicted molar refractivity (Wildman–Crippen MR) is 108 cm³/mol. The number of nitrogens with zero attached hydrogens (tertiary/aromatic N) is 2. The second-order valence-corrected chi connectivity index (χ2v) is 7.17. The van der Waals surface area contributed by atoms with Crippen molar-refractivity contribution in [3.8, 4) is 11.4 Å². The zero-order chi connectivity index (χ0) is 18.3. The van der Waals surface area contributed by atoms with Crippen LogP contribution in [0.15, 0.2) is 70.8 Å². The molecule has 0 saturated heterocycles. The van der Waals surface area contributed by atoms with Crippen LogP contribution < -0.4 is 11.0 Å². The van der Waals surface area contributed by atoms with Crippen molar-refractivity contribution in [1.82, 2.24) is 9.55 Å². The van der Waals surface area contributed by atoms with E-state index in [0.717, 1.165) is 4.70 Å². The molecule has 0 radical (unpaired) electrons. The molecule has 0 saturated carbocycles. The van der Waals surface area contributed by atoms with Crippen molar-refractivity contribution in [1.29, 1.82) is 0 Å². The predicted octanol–water partition coefficient (Wildman–Crippen LogP) is 4.48. The monoisotopic (exact) mass is 380 g/mol. The summed E-state index contributed by atoms with van der Waals surface area (Å²) >= 11 is 7.65. The van der Waals surface area contributed by atoms with Crippen LogP contribution in [-0.2, 0) is 6.54 Å². The SMILES string of the molecule is C=CCn1c(-c2ccccc2Cl)nc2sc3ccccc3c(=O)c2c1=O. The van der Waals surface area contributed by atoms with Crippen LogP contribution in [0.4, 0.5) is 0 Å². The summed E-state index contributed by atoms with van der Waals surface area (Å²) in [6, 6.07) is 14.4. The molecular formula is C20H13ClN2O2S. The molecule has 2 aromatic carbocycles. The number of aromatic nitrogens is 2. The Kier molecular flexibility index (Phi) is 4.18. The number of hydrogen-bond donors (Lipinski definition) is 0. The van der Waals surface area contributed by atoms with Gasteiger partial charge in [0.25, 0.3) is 5.56 Å². The second kappa shape index (κ2) is 6.52. The number of allylic oxidation sites excluding steroid dienone is 1. The minimum absolute atomic E-state index is 0.103. The van der Waals surface area contributed by atoms with Gasteiger partial charge in [0.2, 0.25) is 5.43 Å². The zero-order valence-corrected chi connectivity index (χ0v) is 15.2. The Morgan fingerprint density at radius 1 is 1.12 bits per heavy atom. The summed E-state index contributed by atoms with van der Waals surface area (Å²) in [7, 11) is 0. The van der Waals surface area contributed by atoms with E-state index in [9.17, 15) is 9.59 Å². The lowest BCUT2D eigenvalue weighted by Gasteiger charge is -2.13. The van der Waals surface area contributed by atoms with E-state index in [0.29, 0.717) is 26.6 Å². The molecule has 26 heavy (non-hydrogen) atoms. The molecule has 2 aromatic heterocycles. The molecule has 4 nitrogen and oxygen atoms in total. The maximum Gasteiger partial charge on any atom is 0.266 e. The summed E-state index contributed by atoms with van der Waals surface area (Å²) in [5, 5.41) is 1.12. The lowest BCUT2D eigenvalue weighted by Crippen LogP contribution is -2.27. The van der Waals surface area contributed by atoms with Gasteiger partial charge in [0.05, 0.1) is 5.02 Å². The van der Waals surface area contributed by atoms with Gasteiger partial charge in [-0.15, -0.1) is 17.9 Å². The third-order valence-electron chi connectivity index (χ3n) is 4.13. The van der Waals surface area contributed by atoms with Gasteiger partial charge in [0.1, 0.15) is 16.0 Å². The molecule has 6 heteroatoms. The van der Waals surface area contributed by atoms with Crippen molar-refractivity contribution in [2.45, 2.75) is 6.54 Å². The number of fused-ring (bicyclic) bond motifs is 2. The smallest absolute Gasteiger partial charge is 0.266 e. The van der Waals surface area contributed by atoms with Gasteiger partial charge in [-0.3, -0.25) is 14.2 Å². The van der Waals surface area contributed by atoms with E-state index in [1.807, 2.05) is 24.3 Å². The first-order valence-electron chi connectivity index (χ1n) is 7.94. The van der Waals surface area contributed by atoms with E-state index in [1.165, 1.54) is 15.9 Å². The minimum Gasteiger partial charge on any atom is -0.288 e. The molecule has 128 valence electrons. The van der Waals surface area contributed by atoms with E-state index in [4.69, 9.17) is 11.6 Å². The van der Waals surface area contributed by atoms with Gasteiger partial charge in [0.15, 0.2) is 0 Å². The maximum absolute atomic E-state index is 13.1. The highest BCUT2D eigenvalue weighted by Crippen LogP contribution is 2.28. The summed E-state index contributed by atoms with van der Waals surface area (Å²) in [4.78, 5) is 31.1. The third kappa shape index (κ3) is 2.57. The summed E-state index contributed by atoms with van der Waals surface area (Å²) < 4.78 is 2.24. The molecule has 2 heterocycles. The van der Waals surface area contributed by atoms with Gasteiger partial charge < -0.3 is 0 Å². The second-order valence-electron chi connectivity index (χ2n) is 5.73. The lowest BCUT2D eigenvalue weighted by molar-refractivity contribution is 0.780. The van der Waals surface area contributed by atoms with Crippen LogP contribution in [0.2, 0.25) is 5.02 Å². The van der Waals surface area contributed by atoms with Crippen LogP contribution in [-0.4, -0.2) is 9.55 Å². The third-order valence-corrected chi connectivity index (χ3v) is 5.52. The summed E-state index contributed by atoms with van der Waals surface area (Å²) in [5.41, 5.74) is -0.0324. The molecule has 0 unspecified atom stereocenters. The fourth-order valence-electron chi connectivity index (χ4n) is 2.93. The number of benzene rings is 2. The average Bonchev–Trinajstić information content (AvgIpc) is 2.64. The van der Waals surface area contributed by atoms with Gasteiger partial charge in [0, 0.05) is 22.2 Å². The van der Waals surface area contributed by atoms with Crippen LogP contribution in [0, 0.1) is 0 Å². The van der Waals surface area contributed by atoms with Gasteiger partial charge in [-0.25, -0.2) is 4.98 Å². The minimum atomic E-state index is -0.378. The van der Waals surface area contributed by atoms with Crippen molar-refractivity contribution < 1.29 is 0 Å². The highest BCUT2D eigenvalue weighted by atomic mass is 35.5. The van der Waals surface area contributed by atoms with Crippen LogP contribution in [0.1, 0.15) is 0 Å². The Hall–Kier alpha value is -2.76. The van der Waals surface area contributed by atoms with Crippen molar-refractivity contribution >= 4 is 43.2 Å². The average molecular weight is 381 g/mol. The molecule has 0 amide bonds. The molecule has 0 bridgehead atoms. The molecular weight excluding hydrogens is 368 g/mol. The molecule has 4 rings (SSSR count). The quantitative estimate of drug-likeness (QED) is 0.389. The van der Waals surface area contributed by atoms with Gasteiger partial charge in [-0.05, 0) is 24.3 Å². The Morgan fingerprint density at radius 3 is 2.62 bits per heavy atom. The highest BCUT2D eigenvalue weighted by molar-refractivity contribution is 7.24. The first-order valence-corrected chi connectivity index (χ1v) is 9.13. The van der Waals surface area contributed by atoms with Crippen LogP contribution in [0.25, 0.3) is 31.7 Å². The first-order chi connectivity index (χ1) is 12.6. The number of halogens is 1. The van der Waals surface area contributed by atoms with Crippen LogP contribution in [0.3, 0.4) is 0 Å². The van der Waals surface area contributed by atoms with Crippen molar-refractivity contribution in [2.75, 3.05) is 0 Å². The van der Waals surface area contributed by atoms with E-state index < -0.39 is 0 Å². The molecule has 0 atom stereocenters. The fourth-order valence-corrected chi connectivity index (χ4v) is 4.19. The van der Waals surface area contributed by atoms with E-state index in [2.05, 4.69) is 11.6 Å². The lowest BCUT2D eigenvalue weighted by atomic mass is 10.2. The summed E-state index contributed by atoms with van der Waals surface area (Å²) in [5.74, 6) is 0.430. The molecule has 0 fully saturated rings. The number of hydrogen-bond acceptors (Lipinski definition) is 4. The van der Waals surface area contributed by atoms with E-state index in [-0.39, 0.29) is 22.9 Å². The van der Waals surface area contributed by atoms with Crippen molar-refractivity contribution in [2.24, 2.45) is 0 Å². The van der Waals surface area contributed by atoms with Gasteiger partial charge in [-0.2, -0.15) is 0 Å². The topological polar surface area (TPSA) is 52.0 Å². The fraction of sp³-hybridized carbons (Fsp3) is 0.0500. The summed E-state index contributed by atoms with van der Waals surface area (Å²) in [6.07, 6.45) is 1.60. The zero-order valence-electron chi connectivity index (χ0n) is 13.6. The standard InChI is InChI=1S/C20H13ClN2O2S/c1-2-11-23-18(12-7-3-5-9-14(12)21)22-19-16(20(23)25)17(24)13-8-4-6-10-15(13)26-19/h2-10H,1,11H2. The molecule has 0 aliphatic rings. The maximum atomic E-state index is 13.1. The Balaban J connectivity index is 2.20. The van der Waals surface area contributed by atoms with E-state index >= 15 is 0 Å². The largest absolute Gasteiger partial charge is 0.288 e. The highest BCUT2D eigenvalue weighted by Gasteiger charge is 2.18. The van der Waals surface area contributed by atoms with Crippen LogP contribution in [0.5, 0.6) is 0 Å². The molecule has 0 aliphatic heterocycles.